The normalized spacial score (nSPS) is 10.3. The summed E-state index contributed by atoms with van der Waals surface area (Å²) < 4.78 is 4.89. The molecule has 0 spiro atoms. The Balaban J connectivity index is 2.28. The molecule has 0 atom stereocenters. The standard InChI is InChI=1S/C13H12ClNO2/c1-8-4-3-5-9(2)11(8)15-13(16)10-6-7-17-12(10)14/h3-7H,1-2H3,(H,15,16). The third-order valence-electron chi connectivity index (χ3n) is 2.58. The van der Waals surface area contributed by atoms with Crippen molar-refractivity contribution in [1.82, 2.24) is 0 Å². The van der Waals surface area contributed by atoms with Crippen molar-refractivity contribution in [1.29, 1.82) is 0 Å². The van der Waals surface area contributed by atoms with Gasteiger partial charge in [0.2, 0.25) is 5.22 Å². The predicted octanol–water partition coefficient (Wildman–Crippen LogP) is 3.80. The number of nitrogens with one attached hydrogen (secondary N) is 1. The van der Waals surface area contributed by atoms with Gasteiger partial charge < -0.3 is 9.73 Å². The Hall–Kier alpha value is -1.74. The molecule has 1 aromatic carbocycles. The molecule has 0 unspecified atom stereocenters. The number of furan rings is 1. The van der Waals surface area contributed by atoms with E-state index in [-0.39, 0.29) is 11.1 Å². The lowest BCUT2D eigenvalue weighted by Crippen LogP contribution is -2.13. The minimum Gasteiger partial charge on any atom is -0.452 e. The topological polar surface area (TPSA) is 42.2 Å². The molecule has 17 heavy (non-hydrogen) atoms. The fourth-order valence-electron chi connectivity index (χ4n) is 1.65. The van der Waals surface area contributed by atoms with E-state index in [1.807, 2.05) is 32.0 Å². The maximum Gasteiger partial charge on any atom is 0.260 e. The highest BCUT2D eigenvalue weighted by molar-refractivity contribution is 6.32. The van der Waals surface area contributed by atoms with Crippen LogP contribution in [0.1, 0.15) is 21.5 Å². The van der Waals surface area contributed by atoms with Crippen LogP contribution in [0.15, 0.2) is 34.9 Å². The molecule has 2 aromatic rings. The van der Waals surface area contributed by atoms with E-state index < -0.39 is 0 Å². The van der Waals surface area contributed by atoms with Gasteiger partial charge in [-0.2, -0.15) is 0 Å². The molecule has 3 nitrogen and oxygen atoms in total. The lowest BCUT2D eigenvalue weighted by molar-refractivity contribution is 0.102. The number of hydrogen-bond donors (Lipinski definition) is 1. The van der Waals surface area contributed by atoms with Crippen LogP contribution in [0.25, 0.3) is 0 Å². The number of para-hydroxylation sites is 1. The van der Waals surface area contributed by atoms with Crippen LogP contribution in [0.3, 0.4) is 0 Å². The smallest absolute Gasteiger partial charge is 0.260 e. The average molecular weight is 250 g/mol. The predicted molar refractivity (Wildman–Crippen MR) is 67.6 cm³/mol. The summed E-state index contributed by atoms with van der Waals surface area (Å²) in [5, 5.41) is 2.94. The summed E-state index contributed by atoms with van der Waals surface area (Å²) in [5.74, 6) is -0.263. The minimum atomic E-state index is -0.263. The zero-order valence-corrected chi connectivity index (χ0v) is 10.3. The third-order valence-corrected chi connectivity index (χ3v) is 2.87. The lowest BCUT2D eigenvalue weighted by Gasteiger charge is -2.10. The number of carbonyl (C=O) groups is 1. The van der Waals surface area contributed by atoms with Gasteiger partial charge in [-0.3, -0.25) is 4.79 Å². The second-order valence-corrected chi connectivity index (χ2v) is 4.17. The Kier molecular flexibility index (Phi) is 3.20. The first-order chi connectivity index (χ1) is 8.09. The molecule has 4 heteroatoms. The van der Waals surface area contributed by atoms with E-state index in [0.29, 0.717) is 5.56 Å². The van der Waals surface area contributed by atoms with Gasteiger partial charge >= 0.3 is 0 Å². The van der Waals surface area contributed by atoms with E-state index in [1.165, 1.54) is 6.26 Å². The van der Waals surface area contributed by atoms with E-state index in [2.05, 4.69) is 5.32 Å². The summed E-state index contributed by atoms with van der Waals surface area (Å²) in [4.78, 5) is 11.9. The lowest BCUT2D eigenvalue weighted by atomic mass is 10.1. The van der Waals surface area contributed by atoms with Gasteiger partial charge in [0.05, 0.1) is 11.8 Å². The van der Waals surface area contributed by atoms with Crippen molar-refractivity contribution in [2.24, 2.45) is 0 Å². The van der Waals surface area contributed by atoms with Crippen LogP contribution in [-0.2, 0) is 0 Å². The molecule has 0 saturated heterocycles. The van der Waals surface area contributed by atoms with Gasteiger partial charge in [-0.25, -0.2) is 0 Å². The number of rotatable bonds is 2. The second-order valence-electron chi connectivity index (χ2n) is 3.83. The zero-order chi connectivity index (χ0) is 12.4. The largest absolute Gasteiger partial charge is 0.452 e. The first kappa shape index (κ1) is 11.7. The van der Waals surface area contributed by atoms with E-state index in [0.717, 1.165) is 16.8 Å². The van der Waals surface area contributed by atoms with E-state index in [9.17, 15) is 4.79 Å². The Morgan fingerprint density at radius 2 is 1.88 bits per heavy atom. The van der Waals surface area contributed by atoms with E-state index in [1.54, 1.807) is 6.07 Å². The molecule has 88 valence electrons. The molecular weight excluding hydrogens is 238 g/mol. The van der Waals surface area contributed by atoms with Crippen molar-refractivity contribution in [2.45, 2.75) is 13.8 Å². The summed E-state index contributed by atoms with van der Waals surface area (Å²) in [6, 6.07) is 7.38. The molecule has 2 rings (SSSR count). The molecule has 0 aliphatic rings. The fraction of sp³-hybridized carbons (Fsp3) is 0.154. The Labute approximate surface area is 104 Å². The number of benzene rings is 1. The van der Waals surface area contributed by atoms with Crippen LogP contribution >= 0.6 is 11.6 Å². The van der Waals surface area contributed by atoms with Crippen LogP contribution < -0.4 is 5.32 Å². The van der Waals surface area contributed by atoms with Crippen LogP contribution in [0, 0.1) is 13.8 Å². The monoisotopic (exact) mass is 249 g/mol. The van der Waals surface area contributed by atoms with Crippen molar-refractivity contribution in [2.75, 3.05) is 5.32 Å². The first-order valence-electron chi connectivity index (χ1n) is 5.20. The quantitative estimate of drug-likeness (QED) is 0.880. The van der Waals surface area contributed by atoms with E-state index in [4.69, 9.17) is 16.0 Å². The number of amides is 1. The van der Waals surface area contributed by atoms with Crippen LogP contribution in [0.5, 0.6) is 0 Å². The van der Waals surface area contributed by atoms with Gasteiger partial charge in [-0.15, -0.1) is 0 Å². The number of halogens is 1. The molecule has 0 aliphatic carbocycles. The second kappa shape index (κ2) is 4.63. The van der Waals surface area contributed by atoms with Crippen LogP contribution in [0.2, 0.25) is 5.22 Å². The van der Waals surface area contributed by atoms with Crippen molar-refractivity contribution in [3.8, 4) is 0 Å². The van der Waals surface area contributed by atoms with Crippen molar-refractivity contribution < 1.29 is 9.21 Å². The molecule has 1 N–H and O–H groups in total. The molecule has 1 amide bonds. The van der Waals surface area contributed by atoms with Gasteiger partial charge in [0.1, 0.15) is 0 Å². The maximum atomic E-state index is 11.9. The van der Waals surface area contributed by atoms with Crippen LogP contribution in [0.4, 0.5) is 5.69 Å². The Bertz CT molecular complexity index is 540. The molecule has 0 saturated carbocycles. The fourth-order valence-corrected chi connectivity index (χ4v) is 1.85. The van der Waals surface area contributed by atoms with Gasteiger partial charge in [0.25, 0.3) is 5.91 Å². The number of aryl methyl sites for hydroxylation is 2. The minimum absolute atomic E-state index is 0.105. The molecule has 1 heterocycles. The van der Waals surface area contributed by atoms with Crippen LogP contribution in [-0.4, -0.2) is 5.91 Å². The molecular formula is C13H12ClNO2. The highest BCUT2D eigenvalue weighted by Gasteiger charge is 2.14. The molecule has 0 fully saturated rings. The summed E-state index contributed by atoms with van der Waals surface area (Å²) in [5.41, 5.74) is 3.18. The van der Waals surface area contributed by atoms with Crippen molar-refractivity contribution in [3.63, 3.8) is 0 Å². The first-order valence-corrected chi connectivity index (χ1v) is 5.58. The summed E-state index contributed by atoms with van der Waals surface area (Å²) in [7, 11) is 0. The Morgan fingerprint density at radius 3 is 2.41 bits per heavy atom. The average Bonchev–Trinajstić information content (AvgIpc) is 2.70. The summed E-state index contributed by atoms with van der Waals surface area (Å²) in [6.07, 6.45) is 1.39. The van der Waals surface area contributed by atoms with Gasteiger partial charge in [-0.05, 0) is 42.6 Å². The zero-order valence-electron chi connectivity index (χ0n) is 9.58. The highest BCUT2D eigenvalue weighted by Crippen LogP contribution is 2.22. The third kappa shape index (κ3) is 2.34. The number of hydrogen-bond acceptors (Lipinski definition) is 2. The molecule has 0 bridgehead atoms. The molecule has 1 aromatic heterocycles. The van der Waals surface area contributed by atoms with Gasteiger partial charge in [0.15, 0.2) is 0 Å². The SMILES string of the molecule is Cc1cccc(C)c1NC(=O)c1ccoc1Cl. The summed E-state index contributed by atoms with van der Waals surface area (Å²) >= 11 is 5.75. The number of anilines is 1. The maximum absolute atomic E-state index is 11.9. The van der Waals surface area contributed by atoms with Gasteiger partial charge in [-0.1, -0.05) is 18.2 Å². The van der Waals surface area contributed by atoms with Crippen molar-refractivity contribution >= 4 is 23.2 Å². The molecule has 0 aliphatic heterocycles. The van der Waals surface area contributed by atoms with Gasteiger partial charge in [0, 0.05) is 5.69 Å². The van der Waals surface area contributed by atoms with Crippen molar-refractivity contribution in [3.05, 3.63) is 52.4 Å². The van der Waals surface area contributed by atoms with E-state index >= 15 is 0 Å². The number of carbonyl (C=O) groups excluding carboxylic acids is 1. The molecule has 0 radical (unpaired) electrons. The highest BCUT2D eigenvalue weighted by atomic mass is 35.5. The summed E-state index contributed by atoms with van der Waals surface area (Å²) in [6.45, 7) is 3.89. The Morgan fingerprint density at radius 1 is 1.24 bits per heavy atom.